The molecule has 0 aromatic heterocycles. The van der Waals surface area contributed by atoms with E-state index in [9.17, 15) is 4.79 Å². The number of aliphatic hydroxyl groups is 1. The number of hydrogen-bond acceptors (Lipinski definition) is 5. The Bertz CT molecular complexity index is 257. The van der Waals surface area contributed by atoms with Gasteiger partial charge in [-0.25, -0.2) is 9.59 Å². The van der Waals surface area contributed by atoms with E-state index >= 15 is 0 Å². The van der Waals surface area contributed by atoms with Crippen molar-refractivity contribution < 1.29 is 29.7 Å². The number of nitrogens with two attached hydrogens (primary N) is 1. The van der Waals surface area contributed by atoms with Crippen LogP contribution in [0.4, 0.5) is 0 Å². The Morgan fingerprint density at radius 2 is 1.67 bits per heavy atom. The number of carbonyl (C=O) groups excluding carboxylic acids is 1. The molecule has 0 bridgehead atoms. The number of carboxylic acids is 2. The molecule has 0 spiro atoms. The standard InChI is InChI=1S/C8H18N2O2.C2H2O4/c1-2-3-4-5-10-7(6-11)8(9)12;3-1(4)2(5)6/h7,10-11H,2-6H2,1H3,(H2,9,12);(H,3,4)(H,5,6)/t7-;/m0./s1. The first kappa shape index (κ1) is 18.7. The van der Waals surface area contributed by atoms with Crippen LogP contribution in [-0.2, 0) is 14.4 Å². The summed E-state index contributed by atoms with van der Waals surface area (Å²) in [5.41, 5.74) is 5.00. The first-order valence-electron chi connectivity index (χ1n) is 5.46. The number of aliphatic hydroxyl groups excluding tert-OH is 1. The SMILES string of the molecule is CCCCCN[C@@H](CO)C(N)=O.O=C(O)C(=O)O. The van der Waals surface area contributed by atoms with Gasteiger partial charge in [-0.1, -0.05) is 19.8 Å². The maximum atomic E-state index is 10.6. The number of hydrogen-bond donors (Lipinski definition) is 5. The van der Waals surface area contributed by atoms with Gasteiger partial charge >= 0.3 is 11.9 Å². The van der Waals surface area contributed by atoms with E-state index < -0.39 is 23.9 Å². The smallest absolute Gasteiger partial charge is 0.414 e. The highest BCUT2D eigenvalue weighted by Crippen LogP contribution is 1.92. The van der Waals surface area contributed by atoms with Gasteiger partial charge in [0, 0.05) is 0 Å². The quantitative estimate of drug-likeness (QED) is 0.285. The van der Waals surface area contributed by atoms with Crippen LogP contribution in [0, 0.1) is 0 Å². The Balaban J connectivity index is 0. The summed E-state index contributed by atoms with van der Waals surface area (Å²) in [6, 6.07) is -0.582. The van der Waals surface area contributed by atoms with Gasteiger partial charge in [-0.3, -0.25) is 4.79 Å². The van der Waals surface area contributed by atoms with Gasteiger partial charge < -0.3 is 26.4 Å². The first-order chi connectivity index (χ1) is 8.36. The molecule has 0 aliphatic heterocycles. The molecule has 1 amide bonds. The summed E-state index contributed by atoms with van der Waals surface area (Å²) < 4.78 is 0. The normalized spacial score (nSPS) is 11.0. The molecule has 8 nitrogen and oxygen atoms in total. The van der Waals surface area contributed by atoms with E-state index in [4.69, 9.17) is 30.6 Å². The highest BCUT2D eigenvalue weighted by Gasteiger charge is 2.11. The minimum atomic E-state index is -1.82. The number of nitrogens with one attached hydrogen (secondary N) is 1. The van der Waals surface area contributed by atoms with Crippen LogP contribution >= 0.6 is 0 Å². The summed E-state index contributed by atoms with van der Waals surface area (Å²) in [7, 11) is 0. The van der Waals surface area contributed by atoms with Crippen molar-refractivity contribution in [3.8, 4) is 0 Å². The Labute approximate surface area is 105 Å². The van der Waals surface area contributed by atoms with Crippen LogP contribution in [0.25, 0.3) is 0 Å². The Hall–Kier alpha value is -1.67. The third-order valence-corrected chi connectivity index (χ3v) is 1.88. The second-order valence-electron chi connectivity index (χ2n) is 3.41. The molecule has 8 heteroatoms. The summed E-state index contributed by atoms with van der Waals surface area (Å²) in [6.07, 6.45) is 3.28. The highest BCUT2D eigenvalue weighted by molar-refractivity contribution is 6.27. The number of unbranched alkanes of at least 4 members (excludes halogenated alkanes) is 2. The fourth-order valence-corrected chi connectivity index (χ4v) is 0.906. The maximum absolute atomic E-state index is 10.6. The van der Waals surface area contributed by atoms with Crippen molar-refractivity contribution in [2.75, 3.05) is 13.2 Å². The van der Waals surface area contributed by atoms with E-state index in [0.717, 1.165) is 25.8 Å². The molecule has 0 fully saturated rings. The molecular formula is C10H20N2O6. The lowest BCUT2D eigenvalue weighted by molar-refractivity contribution is -0.159. The van der Waals surface area contributed by atoms with Crippen LogP contribution < -0.4 is 11.1 Å². The molecule has 0 aromatic rings. The van der Waals surface area contributed by atoms with E-state index in [1.165, 1.54) is 0 Å². The molecule has 0 heterocycles. The fourth-order valence-electron chi connectivity index (χ4n) is 0.906. The number of carbonyl (C=O) groups is 3. The fraction of sp³-hybridized carbons (Fsp3) is 0.700. The predicted molar refractivity (Wildman–Crippen MR) is 62.9 cm³/mol. The predicted octanol–water partition coefficient (Wildman–Crippen LogP) is -1.23. The van der Waals surface area contributed by atoms with Crippen LogP contribution in [-0.4, -0.2) is 52.4 Å². The summed E-state index contributed by atoms with van der Waals surface area (Å²) in [6.45, 7) is 2.63. The lowest BCUT2D eigenvalue weighted by Gasteiger charge is -2.11. The molecule has 0 aromatic carbocycles. The number of primary amides is 1. The maximum Gasteiger partial charge on any atom is 0.414 e. The van der Waals surface area contributed by atoms with Crippen molar-refractivity contribution in [1.82, 2.24) is 5.32 Å². The van der Waals surface area contributed by atoms with Gasteiger partial charge in [0.2, 0.25) is 5.91 Å². The molecule has 0 saturated carbocycles. The van der Waals surface area contributed by atoms with Crippen LogP contribution in [0.1, 0.15) is 26.2 Å². The molecule has 0 unspecified atom stereocenters. The summed E-state index contributed by atoms with van der Waals surface area (Å²) in [4.78, 5) is 28.8. The molecule has 0 aliphatic rings. The minimum absolute atomic E-state index is 0.221. The van der Waals surface area contributed by atoms with Gasteiger partial charge in [0.05, 0.1) is 6.61 Å². The highest BCUT2D eigenvalue weighted by atomic mass is 16.4. The van der Waals surface area contributed by atoms with Crippen LogP contribution in [0.5, 0.6) is 0 Å². The number of carboxylic acid groups (broad SMARTS) is 2. The second kappa shape index (κ2) is 11.8. The summed E-state index contributed by atoms with van der Waals surface area (Å²) >= 11 is 0. The van der Waals surface area contributed by atoms with E-state index in [1.807, 2.05) is 0 Å². The van der Waals surface area contributed by atoms with Gasteiger partial charge in [-0.15, -0.1) is 0 Å². The van der Waals surface area contributed by atoms with Gasteiger partial charge in [0.1, 0.15) is 6.04 Å². The van der Waals surface area contributed by atoms with Gasteiger partial charge in [0.15, 0.2) is 0 Å². The molecule has 1 atom stereocenters. The number of amides is 1. The van der Waals surface area contributed by atoms with Crippen molar-refractivity contribution in [1.29, 1.82) is 0 Å². The molecule has 0 saturated heterocycles. The molecule has 0 radical (unpaired) electrons. The lowest BCUT2D eigenvalue weighted by atomic mass is 10.2. The Morgan fingerprint density at radius 1 is 1.17 bits per heavy atom. The molecule has 0 rings (SSSR count). The Morgan fingerprint density at radius 3 is 1.94 bits per heavy atom. The summed E-state index contributed by atoms with van der Waals surface area (Å²) in [5, 5.41) is 26.4. The third kappa shape index (κ3) is 12.4. The second-order valence-corrected chi connectivity index (χ2v) is 3.41. The van der Waals surface area contributed by atoms with E-state index in [0.29, 0.717) is 0 Å². The van der Waals surface area contributed by atoms with Crippen LogP contribution in [0.3, 0.4) is 0 Å². The topological polar surface area (TPSA) is 150 Å². The molecule has 106 valence electrons. The number of aliphatic carboxylic acids is 2. The van der Waals surface area contributed by atoms with Crippen molar-refractivity contribution in [3.05, 3.63) is 0 Å². The van der Waals surface area contributed by atoms with Crippen LogP contribution in [0.15, 0.2) is 0 Å². The monoisotopic (exact) mass is 264 g/mol. The first-order valence-corrected chi connectivity index (χ1v) is 5.46. The number of rotatable bonds is 7. The van der Waals surface area contributed by atoms with Crippen molar-refractivity contribution in [3.63, 3.8) is 0 Å². The zero-order valence-electron chi connectivity index (χ0n) is 10.3. The molecular weight excluding hydrogens is 244 g/mol. The molecule has 6 N–H and O–H groups in total. The summed E-state index contributed by atoms with van der Waals surface area (Å²) in [5.74, 6) is -4.14. The lowest BCUT2D eigenvalue weighted by Crippen LogP contribution is -2.44. The van der Waals surface area contributed by atoms with Crippen LogP contribution in [0.2, 0.25) is 0 Å². The van der Waals surface area contributed by atoms with Gasteiger partial charge in [-0.2, -0.15) is 0 Å². The largest absolute Gasteiger partial charge is 0.473 e. The zero-order valence-corrected chi connectivity index (χ0v) is 10.3. The van der Waals surface area contributed by atoms with Crippen molar-refractivity contribution >= 4 is 17.8 Å². The zero-order chi connectivity index (χ0) is 14.6. The third-order valence-electron chi connectivity index (χ3n) is 1.88. The van der Waals surface area contributed by atoms with E-state index in [2.05, 4.69) is 12.2 Å². The van der Waals surface area contributed by atoms with E-state index in [-0.39, 0.29) is 6.61 Å². The van der Waals surface area contributed by atoms with Gasteiger partial charge in [0.25, 0.3) is 0 Å². The Kier molecular flexibility index (Phi) is 12.3. The van der Waals surface area contributed by atoms with Crippen molar-refractivity contribution in [2.24, 2.45) is 5.73 Å². The van der Waals surface area contributed by atoms with Gasteiger partial charge in [-0.05, 0) is 13.0 Å². The average molecular weight is 264 g/mol. The van der Waals surface area contributed by atoms with E-state index in [1.54, 1.807) is 0 Å². The minimum Gasteiger partial charge on any atom is -0.473 e. The van der Waals surface area contributed by atoms with Crippen molar-refractivity contribution in [2.45, 2.75) is 32.2 Å². The molecule has 0 aliphatic carbocycles. The molecule has 18 heavy (non-hydrogen) atoms. The average Bonchev–Trinajstić information content (AvgIpc) is 2.29.